The molecular formula is C17H15FN2O3S2. The van der Waals surface area contributed by atoms with E-state index in [0.717, 1.165) is 4.31 Å². The van der Waals surface area contributed by atoms with E-state index in [1.807, 2.05) is 0 Å². The van der Waals surface area contributed by atoms with Crippen LogP contribution in [-0.4, -0.2) is 32.7 Å². The third-order valence-corrected chi connectivity index (χ3v) is 6.51. The van der Waals surface area contributed by atoms with Crippen LogP contribution in [0.5, 0.6) is 0 Å². The first-order valence-electron chi connectivity index (χ1n) is 7.31. The molecule has 0 spiro atoms. The highest BCUT2D eigenvalue weighted by Crippen LogP contribution is 2.28. The van der Waals surface area contributed by atoms with E-state index in [1.165, 1.54) is 49.7 Å². The highest BCUT2D eigenvalue weighted by atomic mass is 32.2. The van der Waals surface area contributed by atoms with Crippen molar-refractivity contribution < 1.29 is 17.6 Å². The Morgan fingerprint density at radius 3 is 2.52 bits per heavy atom. The van der Waals surface area contributed by atoms with Gasteiger partial charge in [-0.15, -0.1) is 11.3 Å². The molecule has 0 aliphatic carbocycles. The van der Waals surface area contributed by atoms with E-state index >= 15 is 0 Å². The molecule has 2 aromatic carbocycles. The van der Waals surface area contributed by atoms with E-state index in [4.69, 9.17) is 0 Å². The number of nitrogens with zero attached hydrogens (tertiary/aromatic N) is 1. The monoisotopic (exact) mass is 378 g/mol. The molecule has 0 radical (unpaired) electrons. The molecule has 1 amide bonds. The van der Waals surface area contributed by atoms with Gasteiger partial charge in [0.15, 0.2) is 0 Å². The number of rotatable bonds is 4. The zero-order valence-corrected chi connectivity index (χ0v) is 15.1. The molecule has 0 atom stereocenters. The van der Waals surface area contributed by atoms with Crippen molar-refractivity contribution in [3.05, 3.63) is 59.2 Å². The van der Waals surface area contributed by atoms with E-state index in [2.05, 4.69) is 5.32 Å². The maximum Gasteiger partial charge on any atom is 0.265 e. The summed E-state index contributed by atoms with van der Waals surface area (Å²) in [6.45, 7) is 0. The van der Waals surface area contributed by atoms with Gasteiger partial charge in [-0.1, -0.05) is 12.1 Å². The molecular weight excluding hydrogens is 363 g/mol. The number of fused-ring (bicyclic) bond motifs is 1. The second kappa shape index (κ2) is 6.55. The molecule has 0 unspecified atom stereocenters. The van der Waals surface area contributed by atoms with Crippen molar-refractivity contribution in [2.45, 2.75) is 4.90 Å². The number of benzene rings is 2. The van der Waals surface area contributed by atoms with Gasteiger partial charge in [0, 0.05) is 29.9 Å². The van der Waals surface area contributed by atoms with Crippen LogP contribution in [0.1, 0.15) is 9.67 Å². The Hall–Kier alpha value is -2.29. The summed E-state index contributed by atoms with van der Waals surface area (Å²) in [5, 5.41) is 3.05. The van der Waals surface area contributed by atoms with Gasteiger partial charge < -0.3 is 5.32 Å². The van der Waals surface area contributed by atoms with Crippen LogP contribution >= 0.6 is 11.3 Å². The summed E-state index contributed by atoms with van der Waals surface area (Å²) in [4.78, 5) is 12.8. The number of hydrogen-bond acceptors (Lipinski definition) is 4. The second-order valence-corrected chi connectivity index (χ2v) is 8.77. The minimum absolute atomic E-state index is 0.0812. The summed E-state index contributed by atoms with van der Waals surface area (Å²) in [6, 6.07) is 12.2. The van der Waals surface area contributed by atoms with Gasteiger partial charge in [-0.25, -0.2) is 17.1 Å². The molecule has 0 aliphatic rings. The Morgan fingerprint density at radius 1 is 1.12 bits per heavy atom. The summed E-state index contributed by atoms with van der Waals surface area (Å²) >= 11 is 1.17. The smallest absolute Gasteiger partial charge is 0.265 e. The van der Waals surface area contributed by atoms with Crippen molar-refractivity contribution >= 4 is 43.0 Å². The average Bonchev–Trinajstić information content (AvgIpc) is 3.01. The Morgan fingerprint density at radius 2 is 1.84 bits per heavy atom. The molecule has 3 rings (SSSR count). The number of carbonyl (C=O) groups is 1. The minimum Gasteiger partial charge on any atom is -0.321 e. The Balaban J connectivity index is 1.89. The maximum atomic E-state index is 13.8. The van der Waals surface area contributed by atoms with Crippen molar-refractivity contribution in [3.8, 4) is 0 Å². The lowest BCUT2D eigenvalue weighted by Crippen LogP contribution is -2.22. The van der Waals surface area contributed by atoms with Crippen LogP contribution in [-0.2, 0) is 10.0 Å². The molecule has 0 fully saturated rings. The van der Waals surface area contributed by atoms with E-state index in [9.17, 15) is 17.6 Å². The molecule has 5 nitrogen and oxygen atoms in total. The SMILES string of the molecule is CN(C)S(=O)(=O)c1cccc(NC(=O)c2cc3c(F)cccc3s2)c1. The van der Waals surface area contributed by atoms with Crippen molar-refractivity contribution in [2.75, 3.05) is 19.4 Å². The van der Waals surface area contributed by atoms with Crippen LogP contribution in [0.2, 0.25) is 0 Å². The molecule has 1 heterocycles. The quantitative estimate of drug-likeness (QED) is 0.755. The Labute approximate surface area is 148 Å². The van der Waals surface area contributed by atoms with Gasteiger partial charge in [-0.3, -0.25) is 4.79 Å². The average molecular weight is 378 g/mol. The molecule has 8 heteroatoms. The summed E-state index contributed by atoms with van der Waals surface area (Å²) in [5.74, 6) is -0.799. The normalized spacial score (nSPS) is 11.8. The number of thiophene rings is 1. The zero-order chi connectivity index (χ0) is 18.2. The van der Waals surface area contributed by atoms with Crippen molar-refractivity contribution in [1.29, 1.82) is 0 Å². The predicted molar refractivity (Wildman–Crippen MR) is 97.1 cm³/mol. The van der Waals surface area contributed by atoms with Gasteiger partial charge in [0.1, 0.15) is 5.82 Å². The topological polar surface area (TPSA) is 66.5 Å². The van der Waals surface area contributed by atoms with E-state index in [0.29, 0.717) is 20.7 Å². The number of sulfonamides is 1. The fourth-order valence-corrected chi connectivity index (χ4v) is 4.19. The van der Waals surface area contributed by atoms with Gasteiger partial charge in [0.25, 0.3) is 5.91 Å². The molecule has 0 bridgehead atoms. The summed E-state index contributed by atoms with van der Waals surface area (Å²) < 4.78 is 39.9. The second-order valence-electron chi connectivity index (χ2n) is 5.53. The lowest BCUT2D eigenvalue weighted by Gasteiger charge is -2.12. The van der Waals surface area contributed by atoms with Crippen molar-refractivity contribution in [3.63, 3.8) is 0 Å². The molecule has 1 N–H and O–H groups in total. The number of carbonyl (C=O) groups excluding carboxylic acids is 1. The number of halogens is 1. The van der Waals surface area contributed by atoms with Crippen molar-refractivity contribution in [1.82, 2.24) is 4.31 Å². The first kappa shape index (κ1) is 17.5. The van der Waals surface area contributed by atoms with Crippen LogP contribution in [0.15, 0.2) is 53.4 Å². The molecule has 3 aromatic rings. The maximum absolute atomic E-state index is 13.8. The number of nitrogens with one attached hydrogen (secondary N) is 1. The molecule has 130 valence electrons. The molecule has 0 saturated carbocycles. The van der Waals surface area contributed by atoms with Gasteiger partial charge >= 0.3 is 0 Å². The first-order valence-corrected chi connectivity index (χ1v) is 9.57. The predicted octanol–water partition coefficient (Wildman–Crippen LogP) is 3.54. The fraction of sp³-hybridized carbons (Fsp3) is 0.118. The zero-order valence-electron chi connectivity index (χ0n) is 13.5. The van der Waals surface area contributed by atoms with Gasteiger partial charge in [0.05, 0.1) is 9.77 Å². The molecule has 0 saturated heterocycles. The fourth-order valence-electron chi connectivity index (χ4n) is 2.28. The van der Waals surface area contributed by atoms with Crippen molar-refractivity contribution in [2.24, 2.45) is 0 Å². The summed E-state index contributed by atoms with van der Waals surface area (Å²) in [6.07, 6.45) is 0. The highest BCUT2D eigenvalue weighted by molar-refractivity contribution is 7.89. The van der Waals surface area contributed by atoms with Gasteiger partial charge in [-0.2, -0.15) is 0 Å². The third-order valence-electron chi connectivity index (χ3n) is 3.60. The Kier molecular flexibility index (Phi) is 4.59. The van der Waals surface area contributed by atoms with Gasteiger partial charge in [-0.05, 0) is 36.4 Å². The Bertz CT molecular complexity index is 1060. The highest BCUT2D eigenvalue weighted by Gasteiger charge is 2.18. The molecule has 1 aromatic heterocycles. The van der Waals surface area contributed by atoms with E-state index in [-0.39, 0.29) is 10.7 Å². The van der Waals surface area contributed by atoms with Crippen LogP contribution in [0.3, 0.4) is 0 Å². The first-order chi connectivity index (χ1) is 11.8. The van der Waals surface area contributed by atoms with E-state index in [1.54, 1.807) is 24.3 Å². The molecule has 0 aliphatic heterocycles. The van der Waals surface area contributed by atoms with E-state index < -0.39 is 15.9 Å². The lowest BCUT2D eigenvalue weighted by atomic mass is 10.2. The number of anilines is 1. The minimum atomic E-state index is -3.59. The van der Waals surface area contributed by atoms with Gasteiger partial charge in [0.2, 0.25) is 10.0 Å². The number of hydrogen-bond donors (Lipinski definition) is 1. The summed E-state index contributed by atoms with van der Waals surface area (Å²) in [5.41, 5.74) is 0.353. The van der Waals surface area contributed by atoms with Crippen LogP contribution < -0.4 is 5.32 Å². The standard InChI is InChI=1S/C17H15FN2O3S2/c1-20(2)25(22,23)12-6-3-5-11(9-12)19-17(21)16-10-13-14(18)7-4-8-15(13)24-16/h3-10H,1-2H3,(H,19,21). The largest absolute Gasteiger partial charge is 0.321 e. The molecule has 25 heavy (non-hydrogen) atoms. The third kappa shape index (κ3) is 3.41. The van der Waals surface area contributed by atoms with Crippen LogP contribution in [0.25, 0.3) is 10.1 Å². The number of amides is 1. The lowest BCUT2D eigenvalue weighted by molar-refractivity contribution is 0.103. The summed E-state index contributed by atoms with van der Waals surface area (Å²) in [7, 11) is -0.717. The van der Waals surface area contributed by atoms with Crippen LogP contribution in [0.4, 0.5) is 10.1 Å². The van der Waals surface area contributed by atoms with Crippen LogP contribution in [0, 0.1) is 5.82 Å².